The predicted molar refractivity (Wildman–Crippen MR) is 123 cm³/mol. The Morgan fingerprint density at radius 3 is 2.79 bits per heavy atom. The average molecular weight is 455 g/mol. The monoisotopic (exact) mass is 455 g/mol. The van der Waals surface area contributed by atoms with E-state index in [-0.39, 0.29) is 48.0 Å². The lowest BCUT2D eigenvalue weighted by molar-refractivity contribution is -0.110. The van der Waals surface area contributed by atoms with Gasteiger partial charge in [-0.2, -0.15) is 10.1 Å². The Balaban J connectivity index is 1.71. The second-order valence-corrected chi connectivity index (χ2v) is 8.03. The molecule has 1 atom stereocenters. The number of hydrogen-bond donors (Lipinski definition) is 4. The third-order valence-corrected chi connectivity index (χ3v) is 5.20. The van der Waals surface area contributed by atoms with Crippen molar-refractivity contribution in [3.05, 3.63) is 50.7 Å². The third kappa shape index (κ3) is 4.56. The van der Waals surface area contributed by atoms with Crippen LogP contribution in [0.5, 0.6) is 0 Å². The molecular weight excluding hydrogens is 430 g/mol. The highest BCUT2D eigenvalue weighted by Gasteiger charge is 2.23. The number of carbonyl (C=O) groups is 1. The summed E-state index contributed by atoms with van der Waals surface area (Å²) in [5.74, 6) is -0.265. The van der Waals surface area contributed by atoms with Crippen molar-refractivity contribution in [3.63, 3.8) is 0 Å². The van der Waals surface area contributed by atoms with Crippen molar-refractivity contribution in [3.8, 4) is 0 Å². The van der Waals surface area contributed by atoms with Crippen LogP contribution in [0.4, 0.5) is 11.6 Å². The molecule has 4 N–H and O–H groups in total. The van der Waals surface area contributed by atoms with Gasteiger partial charge in [0.1, 0.15) is 5.71 Å². The molecule has 12 nitrogen and oxygen atoms in total. The maximum Gasteiger partial charge on any atom is 0.329 e. The standard InChI is InChI=1S/C21H25N7O5/c1-11(2)33-10-13(29)9-28-16-17(27(3)21(32)24-19(16)31)23-20(28)26-25-15-8-12-6-4-5-7-14(12)22-18(15)30/h4-7,11,13,29H,8-10H2,1-3H3,(H,22,30)(H,23,26)(H,24,31,32)/b25-15+/t13-/m1/s1. The van der Waals surface area contributed by atoms with Crippen molar-refractivity contribution in [2.75, 3.05) is 17.3 Å². The summed E-state index contributed by atoms with van der Waals surface area (Å²) in [6, 6.07) is 7.40. The van der Waals surface area contributed by atoms with E-state index in [1.165, 1.54) is 16.2 Å². The number of aryl methyl sites for hydroxylation is 1. The minimum absolute atomic E-state index is 0.0359. The van der Waals surface area contributed by atoms with E-state index in [1.54, 1.807) is 0 Å². The Labute approximate surface area is 187 Å². The average Bonchev–Trinajstić information content (AvgIpc) is 3.13. The Kier molecular flexibility index (Phi) is 6.11. The number of benzene rings is 1. The van der Waals surface area contributed by atoms with Crippen molar-refractivity contribution < 1.29 is 14.6 Å². The summed E-state index contributed by atoms with van der Waals surface area (Å²) in [5, 5.41) is 17.4. The summed E-state index contributed by atoms with van der Waals surface area (Å²) in [6.45, 7) is 3.67. The second kappa shape index (κ2) is 9.00. The SMILES string of the molecule is CC(C)OC[C@H](O)Cn1c(N/N=C2\Cc3ccccc3NC2=O)nc2c1c(=O)[nH]c(=O)n2C. The number of ether oxygens (including phenoxy) is 1. The summed E-state index contributed by atoms with van der Waals surface area (Å²) in [6.07, 6.45) is -0.737. The Bertz CT molecular complexity index is 1350. The Morgan fingerprint density at radius 1 is 1.27 bits per heavy atom. The fourth-order valence-corrected chi connectivity index (χ4v) is 3.52. The number of H-pyrrole nitrogens is 1. The van der Waals surface area contributed by atoms with Gasteiger partial charge in [0, 0.05) is 19.2 Å². The summed E-state index contributed by atoms with van der Waals surface area (Å²) < 4.78 is 8.06. The normalized spacial score (nSPS) is 15.7. The number of hydrazone groups is 1. The molecule has 4 rings (SSSR count). The number of hydrogen-bond acceptors (Lipinski definition) is 8. The first-order valence-corrected chi connectivity index (χ1v) is 10.5. The molecule has 0 aliphatic carbocycles. The van der Waals surface area contributed by atoms with E-state index in [9.17, 15) is 19.5 Å². The van der Waals surface area contributed by atoms with E-state index < -0.39 is 17.4 Å². The minimum Gasteiger partial charge on any atom is -0.389 e. The molecule has 0 fully saturated rings. The number of aromatic nitrogens is 4. The summed E-state index contributed by atoms with van der Waals surface area (Å²) in [4.78, 5) is 43.6. The number of rotatable bonds is 7. The summed E-state index contributed by atoms with van der Waals surface area (Å²) in [7, 11) is 1.47. The first kappa shape index (κ1) is 22.4. The van der Waals surface area contributed by atoms with Crippen molar-refractivity contribution in [1.29, 1.82) is 0 Å². The number of fused-ring (bicyclic) bond motifs is 2. The van der Waals surface area contributed by atoms with Gasteiger partial charge in [0.25, 0.3) is 11.5 Å². The molecule has 174 valence electrons. The van der Waals surface area contributed by atoms with Crippen LogP contribution in [0, 0.1) is 0 Å². The van der Waals surface area contributed by atoms with Gasteiger partial charge in [0.2, 0.25) is 5.95 Å². The van der Waals surface area contributed by atoms with Crippen LogP contribution in [0.1, 0.15) is 19.4 Å². The largest absolute Gasteiger partial charge is 0.389 e. The van der Waals surface area contributed by atoms with Gasteiger partial charge >= 0.3 is 5.69 Å². The van der Waals surface area contributed by atoms with Crippen molar-refractivity contribution in [1.82, 2.24) is 19.1 Å². The van der Waals surface area contributed by atoms with E-state index in [4.69, 9.17) is 4.74 Å². The molecule has 0 unspecified atom stereocenters. The first-order chi connectivity index (χ1) is 15.7. The fraction of sp³-hybridized carbons (Fsp3) is 0.381. The Morgan fingerprint density at radius 2 is 2.03 bits per heavy atom. The lowest BCUT2D eigenvalue weighted by Crippen LogP contribution is -2.31. The van der Waals surface area contributed by atoms with Gasteiger partial charge in [0.15, 0.2) is 11.2 Å². The molecule has 1 aromatic carbocycles. The minimum atomic E-state index is -0.959. The lowest BCUT2D eigenvalue weighted by Gasteiger charge is -2.18. The van der Waals surface area contributed by atoms with Gasteiger partial charge < -0.3 is 19.7 Å². The number of aliphatic hydroxyl groups excluding tert-OH is 1. The molecule has 0 saturated heterocycles. The molecule has 3 aromatic rings. The fourth-order valence-electron chi connectivity index (χ4n) is 3.52. The number of aromatic amines is 1. The number of anilines is 2. The number of nitrogens with one attached hydrogen (secondary N) is 3. The van der Waals surface area contributed by atoms with Gasteiger partial charge in [-0.05, 0) is 25.5 Å². The van der Waals surface area contributed by atoms with Crippen LogP contribution in [0.2, 0.25) is 0 Å². The molecule has 1 aliphatic heterocycles. The predicted octanol–water partition coefficient (Wildman–Crippen LogP) is 0.172. The molecule has 1 aliphatic rings. The number of imidazole rings is 1. The van der Waals surface area contributed by atoms with Crippen molar-refractivity contribution >= 4 is 34.4 Å². The van der Waals surface area contributed by atoms with Crippen molar-refractivity contribution in [2.45, 2.75) is 39.0 Å². The zero-order valence-electron chi connectivity index (χ0n) is 18.5. The molecule has 0 bridgehead atoms. The number of aliphatic hydroxyl groups is 1. The smallest absolute Gasteiger partial charge is 0.329 e. The quantitative estimate of drug-likeness (QED) is 0.370. The highest BCUT2D eigenvalue weighted by molar-refractivity contribution is 6.45. The highest BCUT2D eigenvalue weighted by Crippen LogP contribution is 2.21. The molecule has 1 amide bonds. The van der Waals surface area contributed by atoms with Gasteiger partial charge in [0.05, 0.1) is 25.4 Å². The summed E-state index contributed by atoms with van der Waals surface area (Å²) >= 11 is 0. The number of nitrogens with zero attached hydrogens (tertiary/aromatic N) is 4. The molecule has 0 spiro atoms. The molecule has 33 heavy (non-hydrogen) atoms. The zero-order valence-corrected chi connectivity index (χ0v) is 18.5. The van der Waals surface area contributed by atoms with Crippen LogP contribution in [-0.2, 0) is 29.5 Å². The first-order valence-electron chi connectivity index (χ1n) is 10.5. The van der Waals surface area contributed by atoms with Gasteiger partial charge in [-0.25, -0.2) is 10.2 Å². The molecular formula is C21H25N7O5. The Hall–Kier alpha value is -3.77. The second-order valence-electron chi connectivity index (χ2n) is 8.03. The van der Waals surface area contributed by atoms with E-state index in [0.717, 1.165) is 11.3 Å². The third-order valence-electron chi connectivity index (χ3n) is 5.20. The van der Waals surface area contributed by atoms with Crippen LogP contribution >= 0.6 is 0 Å². The molecule has 2 aromatic heterocycles. The molecule has 0 radical (unpaired) electrons. The number of amides is 1. The van der Waals surface area contributed by atoms with Crippen LogP contribution in [-0.4, -0.2) is 54.6 Å². The van der Waals surface area contributed by atoms with Crippen LogP contribution in [0.25, 0.3) is 11.2 Å². The van der Waals surface area contributed by atoms with E-state index in [2.05, 4.69) is 25.8 Å². The zero-order chi connectivity index (χ0) is 23.7. The van der Waals surface area contributed by atoms with E-state index in [0.29, 0.717) is 6.42 Å². The number of para-hydroxylation sites is 1. The van der Waals surface area contributed by atoms with Crippen LogP contribution < -0.4 is 22.0 Å². The topological polar surface area (TPSA) is 156 Å². The maximum atomic E-state index is 12.6. The lowest BCUT2D eigenvalue weighted by atomic mass is 10.0. The van der Waals surface area contributed by atoms with Gasteiger partial charge in [-0.1, -0.05) is 18.2 Å². The summed E-state index contributed by atoms with van der Waals surface area (Å²) in [5.41, 5.74) is 3.52. The maximum absolute atomic E-state index is 12.6. The van der Waals surface area contributed by atoms with Crippen LogP contribution in [0.15, 0.2) is 39.0 Å². The van der Waals surface area contributed by atoms with E-state index >= 15 is 0 Å². The number of carbonyl (C=O) groups excluding carboxylic acids is 1. The van der Waals surface area contributed by atoms with E-state index in [1.807, 2.05) is 38.1 Å². The van der Waals surface area contributed by atoms with Crippen LogP contribution in [0.3, 0.4) is 0 Å². The van der Waals surface area contributed by atoms with Crippen molar-refractivity contribution in [2.24, 2.45) is 12.1 Å². The van der Waals surface area contributed by atoms with Gasteiger partial charge in [-0.15, -0.1) is 0 Å². The highest BCUT2D eigenvalue weighted by atomic mass is 16.5. The molecule has 12 heteroatoms. The van der Waals surface area contributed by atoms with Gasteiger partial charge in [-0.3, -0.25) is 19.1 Å². The molecule has 0 saturated carbocycles. The molecule has 3 heterocycles.